The van der Waals surface area contributed by atoms with Crippen LogP contribution in [0, 0.1) is 6.92 Å². The quantitative estimate of drug-likeness (QED) is 0.724. The normalized spacial score (nSPS) is 13.2. The topological polar surface area (TPSA) is 99.3 Å². The van der Waals surface area contributed by atoms with Crippen LogP contribution in [0.5, 0.6) is 0 Å². The first kappa shape index (κ1) is 15.9. The minimum absolute atomic E-state index is 0.0426. The number of aromatic amines is 1. The Morgan fingerprint density at radius 2 is 2.00 bits per heavy atom. The number of sulfonamides is 1. The summed E-state index contributed by atoms with van der Waals surface area (Å²) in [5, 5.41) is 9.38. The highest BCUT2D eigenvalue weighted by Crippen LogP contribution is 2.16. The molecule has 3 N–H and O–H groups in total. The van der Waals surface area contributed by atoms with Crippen LogP contribution in [0.15, 0.2) is 39.3 Å². The molecule has 0 saturated heterocycles. The van der Waals surface area contributed by atoms with E-state index in [9.17, 15) is 18.3 Å². The number of H-pyrrole nitrogens is 1. The molecule has 1 aromatic carbocycles. The number of hydrogen-bond donors (Lipinski definition) is 3. The van der Waals surface area contributed by atoms with Crippen molar-refractivity contribution in [1.29, 1.82) is 0 Å². The van der Waals surface area contributed by atoms with Crippen molar-refractivity contribution in [3.8, 4) is 0 Å². The van der Waals surface area contributed by atoms with Gasteiger partial charge in [0.1, 0.15) is 0 Å². The van der Waals surface area contributed by atoms with E-state index in [1.165, 1.54) is 6.92 Å². The Morgan fingerprint density at radius 1 is 1.33 bits per heavy atom. The first-order valence-electron chi connectivity index (χ1n) is 6.29. The van der Waals surface area contributed by atoms with Crippen LogP contribution in [0.25, 0.3) is 0 Å². The summed E-state index contributed by atoms with van der Waals surface area (Å²) in [4.78, 5) is 13.2. The van der Waals surface area contributed by atoms with E-state index in [-0.39, 0.29) is 10.8 Å². The molecule has 0 amide bonds. The number of aromatic nitrogens is 1. The molecule has 0 saturated carbocycles. The average molecular weight is 328 g/mol. The van der Waals surface area contributed by atoms with E-state index in [1.807, 2.05) is 30.3 Å². The van der Waals surface area contributed by atoms with E-state index in [0.717, 1.165) is 5.56 Å². The molecule has 0 unspecified atom stereocenters. The van der Waals surface area contributed by atoms with Gasteiger partial charge in [-0.1, -0.05) is 41.7 Å². The molecule has 0 aliphatic carbocycles. The van der Waals surface area contributed by atoms with Gasteiger partial charge in [-0.15, -0.1) is 0 Å². The summed E-state index contributed by atoms with van der Waals surface area (Å²) < 4.78 is 26.9. The van der Waals surface area contributed by atoms with E-state index >= 15 is 0 Å². The van der Waals surface area contributed by atoms with Crippen LogP contribution in [-0.4, -0.2) is 31.2 Å². The minimum atomic E-state index is -3.82. The molecule has 0 spiro atoms. The molecule has 1 heterocycles. The Kier molecular flexibility index (Phi) is 4.94. The highest BCUT2D eigenvalue weighted by molar-refractivity contribution is 7.91. The van der Waals surface area contributed by atoms with E-state index in [4.69, 9.17) is 0 Å². The van der Waals surface area contributed by atoms with Crippen molar-refractivity contribution in [1.82, 2.24) is 9.71 Å². The second-order valence-electron chi connectivity index (χ2n) is 4.62. The highest BCUT2D eigenvalue weighted by Gasteiger charge is 2.24. The Labute approximate surface area is 126 Å². The molecule has 0 fully saturated rings. The zero-order valence-corrected chi connectivity index (χ0v) is 13.0. The molecule has 1 aromatic heterocycles. The maximum atomic E-state index is 12.3. The molecular weight excluding hydrogens is 312 g/mol. The summed E-state index contributed by atoms with van der Waals surface area (Å²) in [5.41, 5.74) is 1.21. The van der Waals surface area contributed by atoms with E-state index in [1.54, 1.807) is 0 Å². The second-order valence-corrected chi connectivity index (χ2v) is 7.51. The van der Waals surface area contributed by atoms with Crippen molar-refractivity contribution in [2.24, 2.45) is 0 Å². The molecule has 2 rings (SSSR count). The van der Waals surface area contributed by atoms with Crippen molar-refractivity contribution in [3.63, 3.8) is 0 Å². The van der Waals surface area contributed by atoms with Crippen LogP contribution in [0.2, 0.25) is 0 Å². The van der Waals surface area contributed by atoms with E-state index in [0.29, 0.717) is 23.5 Å². The first-order valence-corrected chi connectivity index (χ1v) is 8.59. The minimum Gasteiger partial charge on any atom is -0.395 e. The Hall–Kier alpha value is -1.48. The fourth-order valence-corrected chi connectivity index (χ4v) is 4.51. The summed E-state index contributed by atoms with van der Waals surface area (Å²) in [6.45, 7) is 1.20. The van der Waals surface area contributed by atoms with Crippen molar-refractivity contribution in [2.45, 2.75) is 23.6 Å². The molecule has 0 aliphatic rings. The molecule has 114 valence electrons. The number of benzene rings is 1. The van der Waals surface area contributed by atoms with Gasteiger partial charge in [-0.3, -0.25) is 4.79 Å². The van der Waals surface area contributed by atoms with Gasteiger partial charge in [0.25, 0.3) is 10.0 Å². The predicted octanol–water partition coefficient (Wildman–Crippen LogP) is 0.627. The predicted molar refractivity (Wildman–Crippen MR) is 81.0 cm³/mol. The van der Waals surface area contributed by atoms with Crippen molar-refractivity contribution >= 4 is 21.4 Å². The maximum Gasteiger partial charge on any atom is 0.305 e. The maximum absolute atomic E-state index is 12.3. The van der Waals surface area contributed by atoms with Crippen molar-refractivity contribution in [3.05, 3.63) is 51.3 Å². The van der Waals surface area contributed by atoms with Crippen LogP contribution < -0.4 is 9.60 Å². The Balaban J connectivity index is 2.18. The average Bonchev–Trinajstić information content (AvgIpc) is 2.79. The van der Waals surface area contributed by atoms with Gasteiger partial charge in [-0.2, -0.15) is 0 Å². The molecule has 8 heteroatoms. The number of aryl methyl sites for hydroxylation is 1. The largest absolute Gasteiger partial charge is 0.395 e. The van der Waals surface area contributed by atoms with E-state index < -0.39 is 20.9 Å². The summed E-state index contributed by atoms with van der Waals surface area (Å²) in [5.74, 6) is 0. The fraction of sp³-hybridized carbons (Fsp3) is 0.308. The summed E-state index contributed by atoms with van der Waals surface area (Å²) in [7, 11) is -3.82. The number of aliphatic hydroxyl groups excluding tert-OH is 1. The molecular formula is C13H16N2O4S2. The standard InChI is InChI=1S/C13H16N2O4S2/c1-9-12(20-13(17)14-9)21(18,19)15-11(8-16)7-10-5-3-2-4-6-10/h2-6,11,15-16H,7-8H2,1H3,(H,14,17)/t11-/m0/s1. The molecule has 2 aromatic rings. The summed E-state index contributed by atoms with van der Waals surface area (Å²) in [6, 6.07) is 8.63. The zero-order valence-electron chi connectivity index (χ0n) is 11.4. The van der Waals surface area contributed by atoms with Gasteiger partial charge in [0.05, 0.1) is 6.61 Å². The lowest BCUT2D eigenvalue weighted by molar-refractivity contribution is 0.256. The van der Waals surface area contributed by atoms with Gasteiger partial charge in [0.15, 0.2) is 4.21 Å². The SMILES string of the molecule is Cc1[nH]c(=O)sc1S(=O)(=O)N[C@H](CO)Cc1ccccc1. The summed E-state index contributed by atoms with van der Waals surface area (Å²) >= 11 is 0.637. The number of thiazole rings is 1. The smallest absolute Gasteiger partial charge is 0.305 e. The van der Waals surface area contributed by atoms with Crippen LogP contribution in [0.1, 0.15) is 11.3 Å². The van der Waals surface area contributed by atoms with Gasteiger partial charge in [0.2, 0.25) is 0 Å². The van der Waals surface area contributed by atoms with Gasteiger partial charge >= 0.3 is 4.87 Å². The molecule has 0 aliphatic heterocycles. The van der Waals surface area contributed by atoms with Gasteiger partial charge in [-0.05, 0) is 18.9 Å². The number of aliphatic hydroxyl groups is 1. The number of rotatable bonds is 6. The van der Waals surface area contributed by atoms with E-state index in [2.05, 4.69) is 9.71 Å². The van der Waals surface area contributed by atoms with Gasteiger partial charge in [-0.25, -0.2) is 13.1 Å². The van der Waals surface area contributed by atoms with Crippen LogP contribution in [0.3, 0.4) is 0 Å². The Morgan fingerprint density at radius 3 is 2.52 bits per heavy atom. The van der Waals surface area contributed by atoms with Gasteiger partial charge in [0, 0.05) is 11.7 Å². The second kappa shape index (κ2) is 6.52. The van der Waals surface area contributed by atoms with Crippen molar-refractivity contribution in [2.75, 3.05) is 6.61 Å². The highest BCUT2D eigenvalue weighted by atomic mass is 32.2. The lowest BCUT2D eigenvalue weighted by atomic mass is 10.1. The lowest BCUT2D eigenvalue weighted by Crippen LogP contribution is -2.39. The lowest BCUT2D eigenvalue weighted by Gasteiger charge is -2.16. The summed E-state index contributed by atoms with van der Waals surface area (Å²) in [6.07, 6.45) is 0.370. The molecule has 0 radical (unpaired) electrons. The number of nitrogens with one attached hydrogen (secondary N) is 2. The fourth-order valence-electron chi connectivity index (χ4n) is 1.96. The third-order valence-corrected chi connectivity index (χ3v) is 6.02. The zero-order chi connectivity index (χ0) is 15.5. The molecule has 0 bridgehead atoms. The van der Waals surface area contributed by atoms with Gasteiger partial charge < -0.3 is 10.1 Å². The van der Waals surface area contributed by atoms with Crippen LogP contribution in [0.4, 0.5) is 0 Å². The molecule has 1 atom stereocenters. The number of hydrogen-bond acceptors (Lipinski definition) is 5. The molecule has 21 heavy (non-hydrogen) atoms. The third-order valence-electron chi connectivity index (χ3n) is 2.89. The monoisotopic (exact) mass is 328 g/mol. The van der Waals surface area contributed by atoms with Crippen LogP contribution in [-0.2, 0) is 16.4 Å². The van der Waals surface area contributed by atoms with Crippen LogP contribution >= 0.6 is 11.3 Å². The Bertz CT molecular complexity index is 750. The first-order chi connectivity index (χ1) is 9.92. The third kappa shape index (κ3) is 4.01. The molecule has 6 nitrogen and oxygen atoms in total. The van der Waals surface area contributed by atoms with Crippen molar-refractivity contribution < 1.29 is 13.5 Å².